The number of rotatable bonds is 4. The van der Waals surface area contributed by atoms with Gasteiger partial charge < -0.3 is 10.4 Å². The van der Waals surface area contributed by atoms with Gasteiger partial charge in [-0.25, -0.2) is 0 Å². The number of aromatic nitrogens is 1. The Labute approximate surface area is 98.9 Å². The first kappa shape index (κ1) is 11.6. The summed E-state index contributed by atoms with van der Waals surface area (Å²) >= 11 is 0. The third-order valence-electron chi connectivity index (χ3n) is 3.25. The fourth-order valence-electron chi connectivity index (χ4n) is 1.92. The highest BCUT2D eigenvalue weighted by Crippen LogP contribution is 2.41. The smallest absolute Gasteiger partial charge is 0.319 e. The zero-order valence-corrected chi connectivity index (χ0v) is 9.35. The predicted octanol–water partition coefficient (Wildman–Crippen LogP) is 0.953. The molecule has 2 N–H and O–H groups in total. The molecule has 0 aliphatic heterocycles. The van der Waals surface area contributed by atoms with E-state index < -0.39 is 11.4 Å². The first-order valence-corrected chi connectivity index (χ1v) is 5.56. The molecule has 17 heavy (non-hydrogen) atoms. The standard InChI is InChI=1S/C12H14N2O3/c15-10(12(11(16)17)4-1-5-12)14-8-9-2-6-13-7-3-9/h2-3,6-7H,1,4-5,8H2,(H,14,15)(H,16,17). The van der Waals surface area contributed by atoms with Crippen LogP contribution in [0.5, 0.6) is 0 Å². The molecule has 0 unspecified atom stereocenters. The minimum absolute atomic E-state index is 0.344. The number of hydrogen-bond donors (Lipinski definition) is 2. The molecule has 0 atom stereocenters. The van der Waals surface area contributed by atoms with Crippen LogP contribution in [0.3, 0.4) is 0 Å². The lowest BCUT2D eigenvalue weighted by molar-refractivity contribution is -0.162. The summed E-state index contributed by atoms with van der Waals surface area (Å²) in [7, 11) is 0. The molecule has 5 heteroatoms. The van der Waals surface area contributed by atoms with Gasteiger partial charge in [0.25, 0.3) is 0 Å². The molecule has 1 aliphatic rings. The van der Waals surface area contributed by atoms with E-state index in [2.05, 4.69) is 10.3 Å². The summed E-state index contributed by atoms with van der Waals surface area (Å²) in [5, 5.41) is 11.8. The van der Waals surface area contributed by atoms with Crippen LogP contribution in [-0.4, -0.2) is 22.0 Å². The molecule has 5 nitrogen and oxygen atoms in total. The second kappa shape index (κ2) is 4.53. The topological polar surface area (TPSA) is 79.3 Å². The maximum absolute atomic E-state index is 11.9. The molecular weight excluding hydrogens is 220 g/mol. The van der Waals surface area contributed by atoms with Gasteiger partial charge in [0.1, 0.15) is 5.41 Å². The molecule has 1 aromatic heterocycles. The highest BCUT2D eigenvalue weighted by Gasteiger charge is 2.50. The lowest BCUT2D eigenvalue weighted by atomic mass is 9.68. The molecule has 1 aliphatic carbocycles. The number of carbonyl (C=O) groups is 2. The van der Waals surface area contributed by atoms with Crippen molar-refractivity contribution in [2.45, 2.75) is 25.8 Å². The van der Waals surface area contributed by atoms with Crippen LogP contribution in [0.25, 0.3) is 0 Å². The number of amides is 1. The minimum Gasteiger partial charge on any atom is -0.480 e. The van der Waals surface area contributed by atoms with Crippen LogP contribution in [0.2, 0.25) is 0 Å². The number of hydrogen-bond acceptors (Lipinski definition) is 3. The summed E-state index contributed by atoms with van der Waals surface area (Å²) in [6, 6.07) is 3.57. The van der Waals surface area contributed by atoms with Gasteiger partial charge in [-0.3, -0.25) is 14.6 Å². The second-order valence-electron chi connectivity index (χ2n) is 4.28. The van der Waals surface area contributed by atoms with Crippen LogP contribution in [0.4, 0.5) is 0 Å². The number of pyridine rings is 1. The molecule has 0 bridgehead atoms. The van der Waals surface area contributed by atoms with Crippen molar-refractivity contribution in [3.05, 3.63) is 30.1 Å². The Morgan fingerprint density at radius 1 is 1.35 bits per heavy atom. The van der Waals surface area contributed by atoms with Gasteiger partial charge in [-0.15, -0.1) is 0 Å². The molecule has 1 fully saturated rings. The van der Waals surface area contributed by atoms with Gasteiger partial charge in [-0.1, -0.05) is 6.42 Å². The van der Waals surface area contributed by atoms with Crippen LogP contribution < -0.4 is 5.32 Å². The molecule has 2 rings (SSSR count). The molecule has 0 radical (unpaired) electrons. The van der Waals surface area contributed by atoms with Gasteiger partial charge in [-0.05, 0) is 30.5 Å². The maximum atomic E-state index is 11.9. The third-order valence-corrected chi connectivity index (χ3v) is 3.25. The van der Waals surface area contributed by atoms with Crippen molar-refractivity contribution in [2.24, 2.45) is 5.41 Å². The van der Waals surface area contributed by atoms with Gasteiger partial charge in [0.2, 0.25) is 5.91 Å². The first-order chi connectivity index (χ1) is 8.15. The number of carboxylic acids is 1. The van der Waals surface area contributed by atoms with Gasteiger partial charge in [0.05, 0.1) is 0 Å². The van der Waals surface area contributed by atoms with Crippen molar-refractivity contribution in [3.63, 3.8) is 0 Å². The van der Waals surface area contributed by atoms with Crippen molar-refractivity contribution in [3.8, 4) is 0 Å². The molecular formula is C12H14N2O3. The highest BCUT2D eigenvalue weighted by molar-refractivity contribution is 6.02. The Kier molecular flexibility index (Phi) is 3.08. The average Bonchev–Trinajstić information content (AvgIpc) is 2.25. The first-order valence-electron chi connectivity index (χ1n) is 5.56. The zero-order chi connectivity index (χ0) is 12.3. The van der Waals surface area contributed by atoms with E-state index in [1.807, 2.05) is 0 Å². The fraction of sp³-hybridized carbons (Fsp3) is 0.417. The summed E-state index contributed by atoms with van der Waals surface area (Å²) in [5.74, 6) is -1.40. The van der Waals surface area contributed by atoms with Crippen LogP contribution in [0.1, 0.15) is 24.8 Å². The SMILES string of the molecule is O=C(O)C1(C(=O)NCc2ccncc2)CCC1. The molecule has 0 spiro atoms. The molecule has 0 aromatic carbocycles. The minimum atomic E-state index is -1.19. The summed E-state index contributed by atoms with van der Waals surface area (Å²) in [6.07, 6.45) is 4.94. The number of nitrogens with one attached hydrogen (secondary N) is 1. The van der Waals surface area contributed by atoms with Gasteiger partial charge >= 0.3 is 5.97 Å². The van der Waals surface area contributed by atoms with Crippen LogP contribution in [0, 0.1) is 5.41 Å². The van der Waals surface area contributed by atoms with Crippen molar-refractivity contribution in [1.29, 1.82) is 0 Å². The molecule has 1 amide bonds. The number of carbonyl (C=O) groups excluding carboxylic acids is 1. The average molecular weight is 234 g/mol. The van der Waals surface area contributed by atoms with Gasteiger partial charge in [-0.2, -0.15) is 0 Å². The summed E-state index contributed by atoms with van der Waals surface area (Å²) in [6.45, 7) is 0.344. The van der Waals surface area contributed by atoms with E-state index in [0.717, 1.165) is 12.0 Å². The van der Waals surface area contributed by atoms with E-state index in [1.54, 1.807) is 24.5 Å². The molecule has 90 valence electrons. The Hall–Kier alpha value is -1.91. The zero-order valence-electron chi connectivity index (χ0n) is 9.35. The van der Waals surface area contributed by atoms with Gasteiger partial charge in [0, 0.05) is 18.9 Å². The molecule has 1 saturated carbocycles. The number of nitrogens with zero attached hydrogens (tertiary/aromatic N) is 1. The number of carboxylic acid groups (broad SMARTS) is 1. The predicted molar refractivity (Wildman–Crippen MR) is 60.0 cm³/mol. The van der Waals surface area contributed by atoms with Crippen molar-refractivity contribution >= 4 is 11.9 Å². The highest BCUT2D eigenvalue weighted by atomic mass is 16.4. The summed E-state index contributed by atoms with van der Waals surface area (Å²) in [5.41, 5.74) is -0.277. The monoisotopic (exact) mass is 234 g/mol. The van der Waals surface area contributed by atoms with Crippen LogP contribution in [-0.2, 0) is 16.1 Å². The Morgan fingerprint density at radius 3 is 2.47 bits per heavy atom. The van der Waals surface area contributed by atoms with Crippen LogP contribution >= 0.6 is 0 Å². The second-order valence-corrected chi connectivity index (χ2v) is 4.28. The van der Waals surface area contributed by atoms with E-state index >= 15 is 0 Å². The van der Waals surface area contributed by atoms with Gasteiger partial charge in [0.15, 0.2) is 0 Å². The Balaban J connectivity index is 1.96. The summed E-state index contributed by atoms with van der Waals surface area (Å²) < 4.78 is 0. The lowest BCUT2D eigenvalue weighted by Gasteiger charge is -2.35. The van der Waals surface area contributed by atoms with E-state index in [9.17, 15) is 9.59 Å². The van der Waals surface area contributed by atoms with E-state index in [4.69, 9.17) is 5.11 Å². The van der Waals surface area contributed by atoms with Crippen molar-refractivity contribution in [2.75, 3.05) is 0 Å². The fourth-order valence-corrected chi connectivity index (χ4v) is 1.92. The maximum Gasteiger partial charge on any atom is 0.319 e. The largest absolute Gasteiger partial charge is 0.480 e. The van der Waals surface area contributed by atoms with Crippen molar-refractivity contribution < 1.29 is 14.7 Å². The quantitative estimate of drug-likeness (QED) is 0.760. The normalized spacial score (nSPS) is 16.9. The van der Waals surface area contributed by atoms with Crippen molar-refractivity contribution in [1.82, 2.24) is 10.3 Å². The van der Waals surface area contributed by atoms with E-state index in [-0.39, 0.29) is 5.91 Å². The molecule has 0 saturated heterocycles. The Bertz CT molecular complexity index is 427. The lowest BCUT2D eigenvalue weighted by Crippen LogP contribution is -2.50. The number of aliphatic carboxylic acids is 1. The summed E-state index contributed by atoms with van der Waals surface area (Å²) in [4.78, 5) is 26.8. The molecule has 1 aromatic rings. The third kappa shape index (κ3) is 2.13. The van der Waals surface area contributed by atoms with E-state index in [0.29, 0.717) is 19.4 Å². The van der Waals surface area contributed by atoms with E-state index in [1.165, 1.54) is 0 Å². The Morgan fingerprint density at radius 2 is 2.00 bits per heavy atom. The van der Waals surface area contributed by atoms with Crippen LogP contribution in [0.15, 0.2) is 24.5 Å². The molecule has 1 heterocycles.